The molecule has 3 nitrogen and oxygen atoms in total. The zero-order valence-electron chi connectivity index (χ0n) is 31.0. The lowest BCUT2D eigenvalue weighted by atomic mass is 9.99. The molecule has 0 saturated carbocycles. The highest BCUT2D eigenvalue weighted by Crippen LogP contribution is 2.40. The van der Waals surface area contributed by atoms with Crippen LogP contribution in [-0.2, 0) is 9.47 Å². The average molecular weight is 640 g/mol. The van der Waals surface area contributed by atoms with E-state index in [2.05, 4.69) is 74.4 Å². The van der Waals surface area contributed by atoms with Crippen molar-refractivity contribution in [3.63, 3.8) is 0 Å². The van der Waals surface area contributed by atoms with E-state index in [0.29, 0.717) is 12.2 Å². The van der Waals surface area contributed by atoms with Crippen LogP contribution in [0.1, 0.15) is 187 Å². The number of unbranched alkanes of at least 4 members (excludes halogenated alkanes) is 16. The first-order valence-corrected chi connectivity index (χ1v) is 20.3. The van der Waals surface area contributed by atoms with E-state index < -0.39 is 0 Å². The second-order valence-electron chi connectivity index (χ2n) is 14.4. The summed E-state index contributed by atoms with van der Waals surface area (Å²) in [4.78, 5) is 2.45. The lowest BCUT2D eigenvalue weighted by Gasteiger charge is -2.27. The molecule has 2 aliphatic heterocycles. The van der Waals surface area contributed by atoms with Crippen LogP contribution in [0.4, 0.5) is 0 Å². The number of hydrogen-bond acceptors (Lipinski definition) is 3. The van der Waals surface area contributed by atoms with Gasteiger partial charge in [-0.2, -0.15) is 0 Å². The minimum atomic E-state index is -0.311. The molecular weight excluding hydrogens is 562 g/mol. The molecule has 0 radical (unpaired) electrons. The van der Waals surface area contributed by atoms with Crippen molar-refractivity contribution in [2.75, 3.05) is 20.1 Å². The minimum absolute atomic E-state index is 0.298. The molecule has 1 spiro atoms. The quantitative estimate of drug-likeness (QED) is 0.0628. The van der Waals surface area contributed by atoms with E-state index >= 15 is 0 Å². The second-order valence-corrected chi connectivity index (χ2v) is 14.4. The van der Waals surface area contributed by atoms with Crippen molar-refractivity contribution in [3.05, 3.63) is 48.6 Å². The SMILES string of the molecule is CCCCC/C=C\C/C=C\CCCCCCCC1OC2(CCCN(C)CC2)OC1CCCCCCC/C=C\C/C=C\CCCCC. The number of hydrogen-bond donors (Lipinski definition) is 0. The number of nitrogens with zero attached hydrogens (tertiary/aromatic N) is 1. The topological polar surface area (TPSA) is 21.7 Å². The third-order valence-electron chi connectivity index (χ3n) is 10.00. The third kappa shape index (κ3) is 20.9. The normalized spacial score (nSPS) is 22.9. The van der Waals surface area contributed by atoms with Gasteiger partial charge in [-0.3, -0.25) is 0 Å². The number of allylic oxidation sites excluding steroid dienone is 8. The molecule has 46 heavy (non-hydrogen) atoms. The van der Waals surface area contributed by atoms with Gasteiger partial charge in [0.1, 0.15) is 0 Å². The number of likely N-dealkylation sites (tertiary alicyclic amines) is 1. The molecule has 2 unspecified atom stereocenters. The Bertz CT molecular complexity index is 745. The Balaban J connectivity index is 1.58. The van der Waals surface area contributed by atoms with Gasteiger partial charge >= 0.3 is 0 Å². The highest BCUT2D eigenvalue weighted by Gasteiger charge is 2.47. The summed E-state index contributed by atoms with van der Waals surface area (Å²) in [6.07, 6.45) is 53.5. The number of rotatable bonds is 28. The Morgan fingerprint density at radius 2 is 0.913 bits per heavy atom. The summed E-state index contributed by atoms with van der Waals surface area (Å²) in [6, 6.07) is 0. The van der Waals surface area contributed by atoms with Gasteiger partial charge in [-0.05, 0) is 97.1 Å². The van der Waals surface area contributed by atoms with E-state index in [4.69, 9.17) is 9.47 Å². The van der Waals surface area contributed by atoms with Gasteiger partial charge in [0.15, 0.2) is 5.79 Å². The van der Waals surface area contributed by atoms with Crippen LogP contribution >= 0.6 is 0 Å². The Morgan fingerprint density at radius 1 is 0.500 bits per heavy atom. The van der Waals surface area contributed by atoms with Gasteiger partial charge in [-0.1, -0.05) is 140 Å². The van der Waals surface area contributed by atoms with Gasteiger partial charge in [0.05, 0.1) is 12.2 Å². The molecule has 0 aliphatic carbocycles. The highest BCUT2D eigenvalue weighted by molar-refractivity contribution is 4.94. The molecule has 0 N–H and O–H groups in total. The molecule has 0 aromatic heterocycles. The van der Waals surface area contributed by atoms with E-state index in [9.17, 15) is 0 Å². The molecule has 2 rings (SSSR count). The predicted octanol–water partition coefficient (Wildman–Crippen LogP) is 13.2. The first kappa shape index (κ1) is 41.0. The Hall–Kier alpha value is -1.16. The van der Waals surface area contributed by atoms with E-state index in [1.165, 1.54) is 154 Å². The molecule has 266 valence electrons. The zero-order valence-corrected chi connectivity index (χ0v) is 31.0. The summed E-state index contributed by atoms with van der Waals surface area (Å²) < 4.78 is 13.7. The summed E-state index contributed by atoms with van der Waals surface area (Å²) in [7, 11) is 2.24. The predicted molar refractivity (Wildman–Crippen MR) is 203 cm³/mol. The van der Waals surface area contributed by atoms with Gasteiger partial charge in [-0.25, -0.2) is 0 Å². The van der Waals surface area contributed by atoms with Gasteiger partial charge in [0.2, 0.25) is 0 Å². The summed E-state index contributed by atoms with van der Waals surface area (Å²) in [5.41, 5.74) is 0. The summed E-state index contributed by atoms with van der Waals surface area (Å²) in [5, 5.41) is 0. The fourth-order valence-corrected chi connectivity index (χ4v) is 6.99. The Morgan fingerprint density at radius 3 is 1.37 bits per heavy atom. The van der Waals surface area contributed by atoms with Gasteiger partial charge in [0, 0.05) is 19.4 Å². The molecule has 0 aromatic carbocycles. The van der Waals surface area contributed by atoms with E-state index in [1.54, 1.807) is 0 Å². The van der Waals surface area contributed by atoms with Crippen LogP contribution in [0.15, 0.2) is 48.6 Å². The monoisotopic (exact) mass is 640 g/mol. The van der Waals surface area contributed by atoms with Crippen molar-refractivity contribution in [2.45, 2.75) is 205 Å². The van der Waals surface area contributed by atoms with Crippen molar-refractivity contribution in [1.82, 2.24) is 4.90 Å². The maximum Gasteiger partial charge on any atom is 0.170 e. The molecule has 2 saturated heterocycles. The zero-order chi connectivity index (χ0) is 32.8. The van der Waals surface area contributed by atoms with Gasteiger partial charge in [-0.15, -0.1) is 0 Å². The first-order valence-electron chi connectivity index (χ1n) is 20.3. The van der Waals surface area contributed by atoms with Crippen LogP contribution in [0.3, 0.4) is 0 Å². The summed E-state index contributed by atoms with van der Waals surface area (Å²) >= 11 is 0. The first-order chi connectivity index (χ1) is 22.7. The Labute approximate surface area is 287 Å². The summed E-state index contributed by atoms with van der Waals surface area (Å²) in [6.45, 7) is 6.80. The van der Waals surface area contributed by atoms with Gasteiger partial charge < -0.3 is 14.4 Å². The molecule has 0 bridgehead atoms. The number of ether oxygens (including phenoxy) is 2. The third-order valence-corrected chi connectivity index (χ3v) is 10.00. The molecule has 0 amide bonds. The van der Waals surface area contributed by atoms with Crippen LogP contribution < -0.4 is 0 Å². The van der Waals surface area contributed by atoms with Crippen LogP contribution in [0, 0.1) is 0 Å². The van der Waals surface area contributed by atoms with Crippen LogP contribution in [0.25, 0.3) is 0 Å². The molecular formula is C43H77NO2. The molecule has 2 heterocycles. The fraction of sp³-hybridized carbons (Fsp3) is 0.814. The smallest absolute Gasteiger partial charge is 0.170 e. The van der Waals surface area contributed by atoms with Crippen molar-refractivity contribution in [3.8, 4) is 0 Å². The maximum absolute atomic E-state index is 6.85. The highest BCUT2D eigenvalue weighted by atomic mass is 16.8. The molecule has 2 aliphatic rings. The Kier molecular flexibility index (Phi) is 25.7. The van der Waals surface area contributed by atoms with Crippen molar-refractivity contribution in [1.29, 1.82) is 0 Å². The van der Waals surface area contributed by atoms with Crippen LogP contribution in [0.2, 0.25) is 0 Å². The second kappa shape index (κ2) is 28.8. The molecule has 3 heteroatoms. The van der Waals surface area contributed by atoms with E-state index in [1.807, 2.05) is 0 Å². The van der Waals surface area contributed by atoms with Crippen molar-refractivity contribution < 1.29 is 9.47 Å². The average Bonchev–Trinajstić information content (AvgIpc) is 3.29. The largest absolute Gasteiger partial charge is 0.344 e. The minimum Gasteiger partial charge on any atom is -0.344 e. The molecule has 2 fully saturated rings. The van der Waals surface area contributed by atoms with Gasteiger partial charge in [0.25, 0.3) is 0 Å². The van der Waals surface area contributed by atoms with Crippen LogP contribution in [-0.4, -0.2) is 43.0 Å². The molecule has 0 aromatic rings. The van der Waals surface area contributed by atoms with Crippen molar-refractivity contribution in [2.24, 2.45) is 0 Å². The fourth-order valence-electron chi connectivity index (χ4n) is 6.99. The lowest BCUT2D eigenvalue weighted by molar-refractivity contribution is -0.183. The van der Waals surface area contributed by atoms with E-state index in [-0.39, 0.29) is 5.79 Å². The van der Waals surface area contributed by atoms with E-state index in [0.717, 1.165) is 32.2 Å². The summed E-state index contributed by atoms with van der Waals surface area (Å²) in [5.74, 6) is -0.311. The van der Waals surface area contributed by atoms with Crippen molar-refractivity contribution >= 4 is 0 Å². The standard InChI is InChI=1S/C43H77NO2/c1-4-6-8-10-12-14-16-18-20-22-24-26-28-30-32-35-41-42(46-43(45-41)37-34-39-44(3)40-38-43)36-33-31-29-27-25-23-21-19-17-15-13-11-9-7-5-2/h12-15,18-21,41-42H,4-11,16-17,22-40H2,1-3H3/b14-12-,15-13-,20-18-,21-19-. The van der Waals surface area contributed by atoms with Crippen LogP contribution in [0.5, 0.6) is 0 Å². The maximum atomic E-state index is 6.85. The lowest BCUT2D eigenvalue weighted by Crippen LogP contribution is -2.32. The molecule has 2 atom stereocenters.